The van der Waals surface area contributed by atoms with Crippen LogP contribution in [0.3, 0.4) is 0 Å². The summed E-state index contributed by atoms with van der Waals surface area (Å²) in [5, 5.41) is 10.7. The van der Waals surface area contributed by atoms with Crippen LogP contribution < -0.4 is 0 Å². The second-order valence-electron chi connectivity index (χ2n) is 6.86. The number of furan rings is 1. The predicted molar refractivity (Wildman–Crippen MR) is 80.1 cm³/mol. The van der Waals surface area contributed by atoms with Crippen LogP contribution in [0.4, 0.5) is 0 Å². The summed E-state index contributed by atoms with van der Waals surface area (Å²) in [6.45, 7) is 4.59. The number of hydrogen-bond acceptors (Lipinski definition) is 3. The minimum atomic E-state index is -0.641. The zero-order valence-corrected chi connectivity index (χ0v) is 13.0. The average molecular weight is 291 g/mol. The van der Waals surface area contributed by atoms with Gasteiger partial charge in [-0.25, -0.2) is 0 Å². The summed E-state index contributed by atoms with van der Waals surface area (Å²) in [6.07, 6.45) is 7.69. The second kappa shape index (κ2) is 5.48. The SMILES string of the molecule is Cc1cc(C(=O)N2CCC[C@@H]2[C@H]2CCCC[C@@]2(C)O)co1. The van der Waals surface area contributed by atoms with E-state index in [1.54, 1.807) is 12.3 Å². The Balaban J connectivity index is 1.80. The summed E-state index contributed by atoms with van der Waals surface area (Å²) in [5.74, 6) is 1.01. The van der Waals surface area contributed by atoms with Gasteiger partial charge in [0.05, 0.1) is 11.2 Å². The Hall–Kier alpha value is -1.29. The predicted octanol–water partition coefficient (Wildman–Crippen LogP) is 3.13. The van der Waals surface area contributed by atoms with Gasteiger partial charge in [-0.3, -0.25) is 4.79 Å². The molecule has 4 nitrogen and oxygen atoms in total. The van der Waals surface area contributed by atoms with E-state index in [2.05, 4.69) is 0 Å². The van der Waals surface area contributed by atoms with E-state index >= 15 is 0 Å². The normalized spacial score (nSPS) is 33.4. The maximum Gasteiger partial charge on any atom is 0.257 e. The standard InChI is InChI=1S/C17H25NO3/c1-12-10-13(11-21-12)16(19)18-9-5-7-15(18)14-6-3-4-8-17(14,2)20/h10-11,14-15,20H,3-9H2,1-2H3/t14-,15-,17-/m1/s1. The third-order valence-electron chi connectivity index (χ3n) is 5.25. The van der Waals surface area contributed by atoms with E-state index in [0.29, 0.717) is 5.56 Å². The van der Waals surface area contributed by atoms with Gasteiger partial charge in [0.15, 0.2) is 0 Å². The van der Waals surface area contributed by atoms with E-state index in [4.69, 9.17) is 4.42 Å². The first-order chi connectivity index (χ1) is 9.99. The molecule has 21 heavy (non-hydrogen) atoms. The molecule has 1 aliphatic heterocycles. The fourth-order valence-electron chi connectivity index (χ4n) is 4.13. The first kappa shape index (κ1) is 14.6. The molecule has 1 aromatic heterocycles. The molecule has 1 aromatic rings. The highest BCUT2D eigenvalue weighted by molar-refractivity contribution is 5.94. The lowest BCUT2D eigenvalue weighted by molar-refractivity contribution is -0.0577. The fourth-order valence-corrected chi connectivity index (χ4v) is 4.13. The van der Waals surface area contributed by atoms with E-state index in [9.17, 15) is 9.90 Å². The Kier molecular flexibility index (Phi) is 3.82. The summed E-state index contributed by atoms with van der Waals surface area (Å²) >= 11 is 0. The lowest BCUT2D eigenvalue weighted by Gasteiger charge is -2.43. The maximum atomic E-state index is 12.7. The first-order valence-corrected chi connectivity index (χ1v) is 8.07. The van der Waals surface area contributed by atoms with E-state index in [0.717, 1.165) is 50.8 Å². The minimum Gasteiger partial charge on any atom is -0.469 e. The van der Waals surface area contributed by atoms with E-state index < -0.39 is 5.60 Å². The van der Waals surface area contributed by atoms with Crippen molar-refractivity contribution in [3.63, 3.8) is 0 Å². The number of carbonyl (C=O) groups is 1. The van der Waals surface area contributed by atoms with Crippen molar-refractivity contribution in [2.45, 2.75) is 64.0 Å². The van der Waals surface area contributed by atoms with Crippen LogP contribution >= 0.6 is 0 Å². The van der Waals surface area contributed by atoms with Gasteiger partial charge in [0.1, 0.15) is 12.0 Å². The third kappa shape index (κ3) is 2.73. The Morgan fingerprint density at radius 1 is 1.38 bits per heavy atom. The molecule has 1 N–H and O–H groups in total. The van der Waals surface area contributed by atoms with Crippen molar-refractivity contribution in [1.82, 2.24) is 4.90 Å². The number of aliphatic hydroxyl groups is 1. The average Bonchev–Trinajstić information content (AvgIpc) is 3.06. The van der Waals surface area contributed by atoms with Crippen molar-refractivity contribution in [3.8, 4) is 0 Å². The monoisotopic (exact) mass is 291 g/mol. The molecule has 116 valence electrons. The molecule has 0 spiro atoms. The molecule has 2 fully saturated rings. The molecule has 1 amide bonds. The highest BCUT2D eigenvalue weighted by Gasteiger charge is 2.44. The van der Waals surface area contributed by atoms with Gasteiger partial charge in [0, 0.05) is 18.5 Å². The van der Waals surface area contributed by atoms with Crippen LogP contribution in [0.2, 0.25) is 0 Å². The number of rotatable bonds is 2. The smallest absolute Gasteiger partial charge is 0.257 e. The summed E-state index contributed by atoms with van der Waals surface area (Å²) < 4.78 is 5.27. The van der Waals surface area contributed by atoms with Crippen LogP contribution in [0.5, 0.6) is 0 Å². The van der Waals surface area contributed by atoms with Gasteiger partial charge in [-0.2, -0.15) is 0 Å². The second-order valence-corrected chi connectivity index (χ2v) is 6.86. The van der Waals surface area contributed by atoms with Gasteiger partial charge < -0.3 is 14.4 Å². The molecule has 0 unspecified atom stereocenters. The van der Waals surface area contributed by atoms with E-state index in [-0.39, 0.29) is 17.9 Å². The van der Waals surface area contributed by atoms with Crippen LogP contribution in [0.25, 0.3) is 0 Å². The zero-order valence-electron chi connectivity index (χ0n) is 13.0. The van der Waals surface area contributed by atoms with Crippen molar-refractivity contribution < 1.29 is 14.3 Å². The third-order valence-corrected chi connectivity index (χ3v) is 5.25. The first-order valence-electron chi connectivity index (χ1n) is 8.07. The lowest BCUT2D eigenvalue weighted by atomic mass is 9.72. The van der Waals surface area contributed by atoms with Crippen LogP contribution in [-0.4, -0.2) is 34.1 Å². The summed E-state index contributed by atoms with van der Waals surface area (Å²) in [5.41, 5.74) is -0.00665. The maximum absolute atomic E-state index is 12.7. The molecule has 1 aliphatic carbocycles. The molecular weight excluding hydrogens is 266 g/mol. The Bertz CT molecular complexity index is 520. The molecule has 1 saturated carbocycles. The number of carbonyl (C=O) groups excluding carboxylic acids is 1. The molecule has 0 radical (unpaired) electrons. The molecule has 2 aliphatic rings. The van der Waals surface area contributed by atoms with Gasteiger partial charge in [-0.05, 0) is 45.6 Å². The Morgan fingerprint density at radius 2 is 2.19 bits per heavy atom. The Morgan fingerprint density at radius 3 is 2.86 bits per heavy atom. The molecular formula is C17H25NO3. The molecule has 3 atom stereocenters. The molecule has 0 aromatic carbocycles. The van der Waals surface area contributed by atoms with Gasteiger partial charge in [0.25, 0.3) is 5.91 Å². The zero-order chi connectivity index (χ0) is 15.0. The fraction of sp³-hybridized carbons (Fsp3) is 0.706. The molecule has 3 rings (SSSR count). The van der Waals surface area contributed by atoms with Crippen LogP contribution in [-0.2, 0) is 0 Å². The van der Waals surface area contributed by atoms with Crippen molar-refractivity contribution >= 4 is 5.91 Å². The number of likely N-dealkylation sites (tertiary alicyclic amines) is 1. The minimum absolute atomic E-state index is 0.0516. The van der Waals surface area contributed by atoms with Crippen molar-refractivity contribution in [2.75, 3.05) is 6.54 Å². The number of nitrogens with zero attached hydrogens (tertiary/aromatic N) is 1. The van der Waals surface area contributed by atoms with Crippen LogP contribution in [0.1, 0.15) is 61.6 Å². The summed E-state index contributed by atoms with van der Waals surface area (Å²) in [6, 6.07) is 1.97. The van der Waals surface area contributed by atoms with Crippen molar-refractivity contribution in [3.05, 3.63) is 23.7 Å². The van der Waals surface area contributed by atoms with E-state index in [1.165, 1.54) is 0 Å². The van der Waals surface area contributed by atoms with Crippen LogP contribution in [0.15, 0.2) is 16.7 Å². The largest absolute Gasteiger partial charge is 0.469 e. The summed E-state index contributed by atoms with van der Waals surface area (Å²) in [4.78, 5) is 14.7. The van der Waals surface area contributed by atoms with Crippen LogP contribution in [0, 0.1) is 12.8 Å². The number of hydrogen-bond donors (Lipinski definition) is 1. The van der Waals surface area contributed by atoms with Gasteiger partial charge in [-0.15, -0.1) is 0 Å². The molecule has 4 heteroatoms. The highest BCUT2D eigenvalue weighted by atomic mass is 16.3. The quantitative estimate of drug-likeness (QED) is 0.910. The van der Waals surface area contributed by atoms with Crippen molar-refractivity contribution in [1.29, 1.82) is 0 Å². The van der Waals surface area contributed by atoms with Gasteiger partial charge in [0.2, 0.25) is 0 Å². The van der Waals surface area contributed by atoms with Gasteiger partial charge >= 0.3 is 0 Å². The summed E-state index contributed by atoms with van der Waals surface area (Å²) in [7, 11) is 0. The Labute approximate surface area is 126 Å². The molecule has 0 bridgehead atoms. The number of amides is 1. The topological polar surface area (TPSA) is 53.7 Å². The molecule has 1 saturated heterocycles. The lowest BCUT2D eigenvalue weighted by Crippen LogP contribution is -2.50. The highest BCUT2D eigenvalue weighted by Crippen LogP contribution is 2.41. The molecule has 2 heterocycles. The van der Waals surface area contributed by atoms with Gasteiger partial charge in [-0.1, -0.05) is 12.8 Å². The number of aryl methyl sites for hydroxylation is 1. The van der Waals surface area contributed by atoms with Crippen molar-refractivity contribution in [2.24, 2.45) is 5.92 Å². The van der Waals surface area contributed by atoms with E-state index in [1.807, 2.05) is 18.7 Å².